The van der Waals surface area contributed by atoms with Gasteiger partial charge in [-0.1, -0.05) is 36.4 Å². The molecule has 29 heavy (non-hydrogen) atoms. The summed E-state index contributed by atoms with van der Waals surface area (Å²) in [6, 6.07) is 18.3. The first kappa shape index (κ1) is 17.9. The monoisotopic (exact) mass is 405 g/mol. The molecule has 2 heterocycles. The Balaban J connectivity index is 1.51. The molecule has 0 spiro atoms. The number of nitrogens with one attached hydrogen (secondary N) is 1. The summed E-state index contributed by atoms with van der Waals surface area (Å²) in [7, 11) is 0. The van der Waals surface area contributed by atoms with Crippen LogP contribution in [-0.2, 0) is 11.2 Å². The first-order valence-electron chi connectivity index (χ1n) is 9.12. The highest BCUT2D eigenvalue weighted by Gasteiger charge is 2.44. The maximum absolute atomic E-state index is 13.4. The van der Waals surface area contributed by atoms with Crippen molar-refractivity contribution >= 4 is 44.6 Å². The minimum Gasteiger partial charge on any atom is -0.479 e. The van der Waals surface area contributed by atoms with Gasteiger partial charge in [0, 0.05) is 17.7 Å². The van der Waals surface area contributed by atoms with Crippen molar-refractivity contribution in [2.24, 2.45) is 4.99 Å². The molecule has 1 aromatic heterocycles. The second-order valence-corrected chi connectivity index (χ2v) is 8.09. The molecule has 0 bridgehead atoms. The lowest BCUT2D eigenvalue weighted by molar-refractivity contribution is -0.142. The molecular formula is C22H16FN3O2S. The number of aromatic amines is 1. The predicted octanol–water partition coefficient (Wildman–Crippen LogP) is 4.41. The number of aromatic nitrogens is 2. The van der Waals surface area contributed by atoms with E-state index >= 15 is 0 Å². The molecule has 4 aromatic rings. The maximum atomic E-state index is 13.4. The number of carboxylic acids is 1. The van der Waals surface area contributed by atoms with Crippen LogP contribution in [0.5, 0.6) is 0 Å². The van der Waals surface area contributed by atoms with Gasteiger partial charge in [-0.2, -0.15) is 0 Å². The van der Waals surface area contributed by atoms with E-state index in [2.05, 4.69) is 15.0 Å². The van der Waals surface area contributed by atoms with E-state index in [-0.39, 0.29) is 12.2 Å². The van der Waals surface area contributed by atoms with Crippen LogP contribution in [0.2, 0.25) is 0 Å². The van der Waals surface area contributed by atoms with Crippen molar-refractivity contribution in [3.05, 3.63) is 77.9 Å². The van der Waals surface area contributed by atoms with E-state index in [1.807, 2.05) is 42.5 Å². The molecule has 0 radical (unpaired) electrons. The van der Waals surface area contributed by atoms with E-state index in [4.69, 9.17) is 0 Å². The van der Waals surface area contributed by atoms with Crippen molar-refractivity contribution in [2.45, 2.75) is 12.0 Å². The van der Waals surface area contributed by atoms with Crippen LogP contribution in [0.4, 0.5) is 4.39 Å². The highest BCUT2D eigenvalue weighted by atomic mass is 32.2. The molecule has 1 aliphatic rings. The fourth-order valence-electron chi connectivity index (χ4n) is 3.59. The summed E-state index contributed by atoms with van der Waals surface area (Å²) < 4.78 is 13.4. The van der Waals surface area contributed by atoms with Crippen molar-refractivity contribution in [1.29, 1.82) is 0 Å². The highest BCUT2D eigenvalue weighted by molar-refractivity contribution is 8.14. The van der Waals surface area contributed by atoms with Crippen molar-refractivity contribution in [3.8, 4) is 0 Å². The Kier molecular flexibility index (Phi) is 4.13. The van der Waals surface area contributed by atoms with Crippen LogP contribution in [-0.4, -0.2) is 37.4 Å². The average molecular weight is 405 g/mol. The number of H-pyrrole nitrogens is 1. The zero-order valence-corrected chi connectivity index (χ0v) is 16.0. The van der Waals surface area contributed by atoms with Crippen LogP contribution in [0.25, 0.3) is 21.8 Å². The molecule has 1 aliphatic heterocycles. The number of aliphatic imine (C=N–C) groups is 1. The SMILES string of the molecule is O=C(O)C1(Cc2nc3ccc(F)cc3[nH]2)CSC(c2ccc3ccccc3c2)=N1. The molecule has 144 valence electrons. The molecule has 1 atom stereocenters. The first-order valence-corrected chi connectivity index (χ1v) is 10.1. The number of imidazole rings is 1. The average Bonchev–Trinajstić information content (AvgIpc) is 3.32. The van der Waals surface area contributed by atoms with Crippen LogP contribution < -0.4 is 0 Å². The number of rotatable bonds is 4. The van der Waals surface area contributed by atoms with Crippen LogP contribution in [0.15, 0.2) is 65.7 Å². The minimum atomic E-state index is -1.31. The maximum Gasteiger partial charge on any atom is 0.332 e. The lowest BCUT2D eigenvalue weighted by Gasteiger charge is -2.18. The van der Waals surface area contributed by atoms with Crippen molar-refractivity contribution in [2.75, 3.05) is 5.75 Å². The Labute approximate surface area is 169 Å². The van der Waals surface area contributed by atoms with Gasteiger partial charge < -0.3 is 10.1 Å². The van der Waals surface area contributed by atoms with E-state index in [1.165, 1.54) is 23.9 Å². The van der Waals surface area contributed by atoms with Gasteiger partial charge in [0.15, 0.2) is 5.54 Å². The number of hydrogen-bond acceptors (Lipinski definition) is 4. The molecule has 0 aliphatic carbocycles. The number of carboxylic acid groups (broad SMARTS) is 1. The normalized spacial score (nSPS) is 19.0. The van der Waals surface area contributed by atoms with Crippen molar-refractivity contribution in [3.63, 3.8) is 0 Å². The number of halogens is 1. The quantitative estimate of drug-likeness (QED) is 0.527. The van der Waals surface area contributed by atoms with E-state index in [1.54, 1.807) is 6.07 Å². The lowest BCUT2D eigenvalue weighted by atomic mass is 9.98. The summed E-state index contributed by atoms with van der Waals surface area (Å²) >= 11 is 1.44. The Hall–Kier alpha value is -3.19. The second-order valence-electron chi connectivity index (χ2n) is 7.13. The number of thioether (sulfide) groups is 1. The number of benzene rings is 3. The Morgan fingerprint density at radius 2 is 1.97 bits per heavy atom. The third kappa shape index (κ3) is 3.17. The molecule has 2 N–H and O–H groups in total. The molecule has 1 unspecified atom stereocenters. The van der Waals surface area contributed by atoms with Crippen LogP contribution in [0.3, 0.4) is 0 Å². The Morgan fingerprint density at radius 1 is 1.14 bits per heavy atom. The zero-order chi connectivity index (χ0) is 20.0. The van der Waals surface area contributed by atoms with Gasteiger partial charge in [-0.25, -0.2) is 14.2 Å². The van der Waals surface area contributed by atoms with Gasteiger partial charge >= 0.3 is 5.97 Å². The largest absolute Gasteiger partial charge is 0.479 e. The highest BCUT2D eigenvalue weighted by Crippen LogP contribution is 2.35. The Morgan fingerprint density at radius 3 is 2.79 bits per heavy atom. The number of nitrogens with zero attached hydrogens (tertiary/aromatic N) is 2. The van der Waals surface area contributed by atoms with Gasteiger partial charge in [-0.05, 0) is 35.0 Å². The van der Waals surface area contributed by atoms with Crippen LogP contribution in [0, 0.1) is 5.82 Å². The Bertz CT molecular complexity index is 1300. The van der Waals surface area contributed by atoms with E-state index in [0.717, 1.165) is 16.3 Å². The van der Waals surface area contributed by atoms with Gasteiger partial charge in [0.1, 0.15) is 11.6 Å². The molecule has 0 saturated heterocycles. The first-order chi connectivity index (χ1) is 14.0. The standard InChI is InChI=1S/C22H16FN3O2S/c23-16-7-8-17-18(10-16)25-19(24-17)11-22(21(27)28)12-29-20(26-22)15-6-5-13-3-1-2-4-14(13)9-15/h1-10H,11-12H2,(H,24,25)(H,27,28). The third-order valence-electron chi connectivity index (χ3n) is 5.11. The lowest BCUT2D eigenvalue weighted by Crippen LogP contribution is -2.40. The fourth-order valence-corrected chi connectivity index (χ4v) is 4.79. The number of aliphatic carboxylic acids is 1. The van der Waals surface area contributed by atoms with E-state index < -0.39 is 11.5 Å². The fraction of sp³-hybridized carbons (Fsp3) is 0.136. The van der Waals surface area contributed by atoms with Crippen molar-refractivity contribution in [1.82, 2.24) is 9.97 Å². The summed E-state index contributed by atoms with van der Waals surface area (Å²) in [6.45, 7) is 0. The summed E-state index contributed by atoms with van der Waals surface area (Å²) in [6.07, 6.45) is 0.114. The van der Waals surface area contributed by atoms with Gasteiger partial charge in [-0.15, -0.1) is 11.8 Å². The molecule has 5 rings (SSSR count). The molecule has 3 aromatic carbocycles. The van der Waals surface area contributed by atoms with Gasteiger partial charge in [0.2, 0.25) is 0 Å². The number of hydrogen-bond donors (Lipinski definition) is 2. The van der Waals surface area contributed by atoms with Crippen molar-refractivity contribution < 1.29 is 14.3 Å². The molecule has 7 heteroatoms. The van der Waals surface area contributed by atoms with Gasteiger partial charge in [-0.3, -0.25) is 4.99 Å². The molecular weight excluding hydrogens is 389 g/mol. The van der Waals surface area contributed by atoms with Gasteiger partial charge in [0.25, 0.3) is 0 Å². The van der Waals surface area contributed by atoms with Gasteiger partial charge in [0.05, 0.1) is 16.1 Å². The summed E-state index contributed by atoms with van der Waals surface area (Å²) in [5.41, 5.74) is 0.748. The molecule has 0 fully saturated rings. The molecule has 0 amide bonds. The second kappa shape index (κ2) is 6.70. The zero-order valence-electron chi connectivity index (χ0n) is 15.2. The third-order valence-corrected chi connectivity index (χ3v) is 6.33. The van der Waals surface area contributed by atoms with E-state index in [0.29, 0.717) is 27.7 Å². The molecule has 5 nitrogen and oxygen atoms in total. The molecule has 0 saturated carbocycles. The van der Waals surface area contributed by atoms with Crippen LogP contribution >= 0.6 is 11.8 Å². The topological polar surface area (TPSA) is 78.3 Å². The smallest absolute Gasteiger partial charge is 0.332 e. The van der Waals surface area contributed by atoms with E-state index in [9.17, 15) is 14.3 Å². The summed E-state index contributed by atoms with van der Waals surface area (Å²) in [5, 5.41) is 12.9. The van der Waals surface area contributed by atoms with Crippen LogP contribution in [0.1, 0.15) is 11.4 Å². The summed E-state index contributed by atoms with van der Waals surface area (Å²) in [5.74, 6) is -0.561. The number of carbonyl (C=O) groups is 1. The number of fused-ring (bicyclic) bond motifs is 2. The predicted molar refractivity (Wildman–Crippen MR) is 113 cm³/mol. The summed E-state index contributed by atoms with van der Waals surface area (Å²) in [4.78, 5) is 24.2. The minimum absolute atomic E-state index is 0.114.